The van der Waals surface area contributed by atoms with Gasteiger partial charge in [0.05, 0.1) is 7.11 Å². The number of nitrogens with two attached hydrogens (primary N) is 1. The molecule has 2 N–H and O–H groups in total. The maximum Gasteiger partial charge on any atom is 0.169 e. The van der Waals surface area contributed by atoms with Crippen LogP contribution in [0.4, 0.5) is 5.82 Å². The molecule has 3 aromatic rings. The first-order valence-electron chi connectivity index (χ1n) is 5.56. The average Bonchev–Trinajstić information content (AvgIpc) is 2.84. The van der Waals surface area contributed by atoms with Gasteiger partial charge in [0.15, 0.2) is 11.6 Å². The molecule has 4 nitrogen and oxygen atoms in total. The van der Waals surface area contributed by atoms with Crippen molar-refractivity contribution in [2.45, 2.75) is 0 Å². The van der Waals surface area contributed by atoms with Gasteiger partial charge in [-0.05, 0) is 29.0 Å². The quantitative estimate of drug-likeness (QED) is 0.747. The molecule has 0 radical (unpaired) electrons. The predicted octanol–water partition coefficient (Wildman–Crippen LogP) is 3.09. The van der Waals surface area contributed by atoms with Gasteiger partial charge in [-0.3, -0.25) is 0 Å². The lowest BCUT2D eigenvalue weighted by molar-refractivity contribution is 0.415. The molecule has 1 heterocycles. The monoisotopic (exact) mass is 240 g/mol. The highest BCUT2D eigenvalue weighted by Crippen LogP contribution is 2.27. The Labute approximate surface area is 104 Å². The molecule has 0 spiro atoms. The van der Waals surface area contributed by atoms with Gasteiger partial charge in [-0.1, -0.05) is 23.4 Å². The maximum absolute atomic E-state index is 5.55. The summed E-state index contributed by atoms with van der Waals surface area (Å²) in [6.07, 6.45) is 0. The highest BCUT2D eigenvalue weighted by Gasteiger charge is 2.05. The van der Waals surface area contributed by atoms with Crippen molar-refractivity contribution in [1.82, 2.24) is 5.16 Å². The van der Waals surface area contributed by atoms with Crippen LogP contribution in [-0.4, -0.2) is 12.3 Å². The molecule has 0 unspecified atom stereocenters. The first-order chi connectivity index (χ1) is 8.76. The summed E-state index contributed by atoms with van der Waals surface area (Å²) in [5.41, 5.74) is 6.50. The zero-order valence-electron chi connectivity index (χ0n) is 9.88. The second-order valence-corrected chi connectivity index (χ2v) is 4.04. The Morgan fingerprint density at radius 1 is 1.06 bits per heavy atom. The molecule has 0 fully saturated rings. The lowest BCUT2D eigenvalue weighted by Gasteiger charge is -2.03. The van der Waals surface area contributed by atoms with E-state index in [2.05, 4.69) is 5.16 Å². The van der Waals surface area contributed by atoms with E-state index in [9.17, 15) is 0 Å². The lowest BCUT2D eigenvalue weighted by atomic mass is 10.1. The predicted molar refractivity (Wildman–Crippen MR) is 70.4 cm³/mol. The molecular formula is C14H12N2O2. The van der Waals surface area contributed by atoms with Gasteiger partial charge >= 0.3 is 0 Å². The number of fused-ring (bicyclic) bond motifs is 1. The van der Waals surface area contributed by atoms with Gasteiger partial charge in [-0.2, -0.15) is 0 Å². The third-order valence-electron chi connectivity index (χ3n) is 2.86. The van der Waals surface area contributed by atoms with Crippen molar-refractivity contribution in [2.24, 2.45) is 0 Å². The first-order valence-corrected chi connectivity index (χ1v) is 5.56. The van der Waals surface area contributed by atoms with Crippen molar-refractivity contribution >= 4 is 16.6 Å². The fourth-order valence-corrected chi connectivity index (χ4v) is 1.93. The molecule has 2 aromatic carbocycles. The van der Waals surface area contributed by atoms with Gasteiger partial charge < -0.3 is 15.0 Å². The summed E-state index contributed by atoms with van der Waals surface area (Å²) >= 11 is 0. The number of anilines is 1. The van der Waals surface area contributed by atoms with Crippen LogP contribution in [0.1, 0.15) is 0 Å². The molecule has 0 aliphatic rings. The number of nitrogen functional groups attached to an aromatic ring is 1. The molecule has 1 aromatic heterocycles. The Bertz CT molecular complexity index is 704. The smallest absolute Gasteiger partial charge is 0.169 e. The highest BCUT2D eigenvalue weighted by atomic mass is 16.5. The Hall–Kier alpha value is -2.49. The summed E-state index contributed by atoms with van der Waals surface area (Å²) in [7, 11) is 1.66. The van der Waals surface area contributed by atoms with Crippen LogP contribution in [0.15, 0.2) is 47.0 Å². The number of hydrogen-bond donors (Lipinski definition) is 1. The minimum atomic E-state index is 0.389. The topological polar surface area (TPSA) is 61.3 Å². The first kappa shape index (κ1) is 10.7. The number of aromatic nitrogens is 1. The van der Waals surface area contributed by atoms with Crippen LogP contribution in [0.3, 0.4) is 0 Å². The number of ether oxygens (including phenoxy) is 1. The van der Waals surface area contributed by atoms with E-state index in [1.54, 1.807) is 13.2 Å². The average molecular weight is 240 g/mol. The van der Waals surface area contributed by atoms with Crippen LogP contribution in [0.5, 0.6) is 5.75 Å². The number of methoxy groups -OCH3 is 1. The number of hydrogen-bond acceptors (Lipinski definition) is 4. The molecule has 3 rings (SSSR count). The highest BCUT2D eigenvalue weighted by molar-refractivity contribution is 5.87. The Balaban J connectivity index is 2.11. The number of rotatable bonds is 2. The zero-order chi connectivity index (χ0) is 12.5. The maximum atomic E-state index is 5.55. The minimum Gasteiger partial charge on any atom is -0.497 e. The minimum absolute atomic E-state index is 0.389. The van der Waals surface area contributed by atoms with E-state index >= 15 is 0 Å². The van der Waals surface area contributed by atoms with Crippen molar-refractivity contribution in [3.05, 3.63) is 42.5 Å². The molecule has 0 saturated carbocycles. The van der Waals surface area contributed by atoms with Crippen molar-refractivity contribution in [3.63, 3.8) is 0 Å². The van der Waals surface area contributed by atoms with Gasteiger partial charge in [0.2, 0.25) is 0 Å². The molecule has 0 saturated heterocycles. The third-order valence-corrected chi connectivity index (χ3v) is 2.86. The largest absolute Gasteiger partial charge is 0.497 e. The molecular weight excluding hydrogens is 228 g/mol. The van der Waals surface area contributed by atoms with Gasteiger partial charge in [0.25, 0.3) is 0 Å². The summed E-state index contributed by atoms with van der Waals surface area (Å²) in [5, 5.41) is 5.91. The summed E-state index contributed by atoms with van der Waals surface area (Å²) in [6.45, 7) is 0. The molecule has 4 heteroatoms. The van der Waals surface area contributed by atoms with Crippen LogP contribution in [0, 0.1) is 0 Å². The van der Waals surface area contributed by atoms with E-state index in [-0.39, 0.29) is 0 Å². The second kappa shape index (κ2) is 4.07. The fraction of sp³-hybridized carbons (Fsp3) is 0.0714. The fourth-order valence-electron chi connectivity index (χ4n) is 1.93. The van der Waals surface area contributed by atoms with E-state index < -0.39 is 0 Å². The molecule has 18 heavy (non-hydrogen) atoms. The van der Waals surface area contributed by atoms with Crippen molar-refractivity contribution in [1.29, 1.82) is 0 Å². The van der Waals surface area contributed by atoms with E-state index in [0.29, 0.717) is 11.6 Å². The molecule has 90 valence electrons. The van der Waals surface area contributed by atoms with Crippen LogP contribution >= 0.6 is 0 Å². The van der Waals surface area contributed by atoms with Crippen molar-refractivity contribution < 1.29 is 9.26 Å². The molecule has 0 aliphatic heterocycles. The van der Waals surface area contributed by atoms with Gasteiger partial charge in [-0.25, -0.2) is 0 Å². The molecule has 0 atom stereocenters. The second-order valence-electron chi connectivity index (χ2n) is 4.04. The molecule has 0 aliphatic carbocycles. The van der Waals surface area contributed by atoms with E-state index in [0.717, 1.165) is 22.1 Å². The normalized spacial score (nSPS) is 10.7. The number of nitrogens with zero attached hydrogens (tertiary/aromatic N) is 1. The third kappa shape index (κ3) is 1.78. The van der Waals surface area contributed by atoms with Crippen LogP contribution in [0.25, 0.3) is 22.1 Å². The standard InChI is InChI=1S/C14H12N2O2/c1-17-12-5-4-9-6-11(3-2-10(9)7-12)13-8-14(15)16-18-13/h2-8H,1H3,(H2,15,16). The Morgan fingerprint density at radius 3 is 2.56 bits per heavy atom. The van der Waals surface area contributed by atoms with E-state index in [1.165, 1.54) is 0 Å². The van der Waals surface area contributed by atoms with Crippen LogP contribution in [-0.2, 0) is 0 Å². The van der Waals surface area contributed by atoms with E-state index in [4.69, 9.17) is 15.0 Å². The Morgan fingerprint density at radius 2 is 1.83 bits per heavy atom. The van der Waals surface area contributed by atoms with Gasteiger partial charge in [0.1, 0.15) is 5.75 Å². The summed E-state index contributed by atoms with van der Waals surface area (Å²) in [6, 6.07) is 13.7. The van der Waals surface area contributed by atoms with Gasteiger partial charge in [-0.15, -0.1) is 0 Å². The van der Waals surface area contributed by atoms with E-state index in [1.807, 2.05) is 36.4 Å². The number of benzene rings is 2. The summed E-state index contributed by atoms with van der Waals surface area (Å²) in [4.78, 5) is 0. The van der Waals surface area contributed by atoms with Crippen LogP contribution < -0.4 is 10.5 Å². The van der Waals surface area contributed by atoms with Gasteiger partial charge in [0, 0.05) is 11.6 Å². The molecule has 0 amide bonds. The van der Waals surface area contributed by atoms with Crippen LogP contribution in [0.2, 0.25) is 0 Å². The molecule has 0 bridgehead atoms. The summed E-state index contributed by atoms with van der Waals surface area (Å²) < 4.78 is 10.3. The van der Waals surface area contributed by atoms with Crippen molar-refractivity contribution in [3.8, 4) is 17.1 Å². The SMILES string of the molecule is COc1ccc2cc(-c3cc(N)no3)ccc2c1. The lowest BCUT2D eigenvalue weighted by Crippen LogP contribution is -1.83. The zero-order valence-corrected chi connectivity index (χ0v) is 9.88. The Kier molecular flexibility index (Phi) is 2.41. The van der Waals surface area contributed by atoms with Crippen molar-refractivity contribution in [2.75, 3.05) is 12.8 Å². The summed E-state index contributed by atoms with van der Waals surface area (Å²) in [5.74, 6) is 1.91.